The van der Waals surface area contributed by atoms with Crippen LogP contribution in [0.4, 0.5) is 0 Å². The molecule has 2 aliphatic heterocycles. The molecule has 126 valence electrons. The molecular weight excluding hydrogens is 310 g/mol. The molecule has 5 atom stereocenters. The number of esters is 1. The van der Waals surface area contributed by atoms with E-state index in [4.69, 9.17) is 4.74 Å². The minimum Gasteiger partial charge on any atom is -0.466 e. The number of rotatable bonds is 3. The van der Waals surface area contributed by atoms with E-state index in [1.54, 1.807) is 5.56 Å². The SMILES string of the molecule is CCOC(=O)C1CC2C3Cc4ccccc4C2(CC)CC1N3.Cl. The summed E-state index contributed by atoms with van der Waals surface area (Å²) < 4.78 is 5.31. The number of hydrogen-bond donors (Lipinski definition) is 1. The third-order valence-electron chi connectivity index (χ3n) is 6.42. The molecule has 1 N–H and O–H groups in total. The Morgan fingerprint density at radius 3 is 2.78 bits per heavy atom. The van der Waals surface area contributed by atoms with Crippen LogP contribution in [0.5, 0.6) is 0 Å². The van der Waals surface area contributed by atoms with Gasteiger partial charge in [-0.15, -0.1) is 12.4 Å². The Balaban J connectivity index is 0.00000156. The van der Waals surface area contributed by atoms with Crippen LogP contribution in [0.1, 0.15) is 44.2 Å². The number of nitrogens with one attached hydrogen (secondary N) is 1. The summed E-state index contributed by atoms with van der Waals surface area (Å²) in [6, 6.07) is 9.75. The van der Waals surface area contributed by atoms with Crippen molar-refractivity contribution in [1.82, 2.24) is 5.32 Å². The number of halogens is 1. The predicted octanol–water partition coefficient (Wildman–Crippen LogP) is 3.24. The molecule has 0 aromatic heterocycles. The Kier molecular flexibility index (Phi) is 4.45. The smallest absolute Gasteiger partial charge is 0.310 e. The first-order valence-electron chi connectivity index (χ1n) is 8.70. The van der Waals surface area contributed by atoms with E-state index in [0.29, 0.717) is 18.6 Å². The van der Waals surface area contributed by atoms with Crippen LogP contribution >= 0.6 is 12.4 Å². The predicted molar refractivity (Wildman–Crippen MR) is 92.9 cm³/mol. The average molecular weight is 336 g/mol. The number of carbonyl (C=O) groups is 1. The van der Waals surface area contributed by atoms with Crippen LogP contribution in [-0.4, -0.2) is 24.7 Å². The van der Waals surface area contributed by atoms with Gasteiger partial charge in [0.05, 0.1) is 12.5 Å². The summed E-state index contributed by atoms with van der Waals surface area (Å²) in [5.41, 5.74) is 3.32. The second-order valence-electron chi connectivity index (χ2n) is 7.16. The Bertz CT molecular complexity index is 605. The van der Waals surface area contributed by atoms with E-state index in [0.717, 1.165) is 19.3 Å². The minimum absolute atomic E-state index is 0. The van der Waals surface area contributed by atoms with E-state index in [-0.39, 0.29) is 35.8 Å². The van der Waals surface area contributed by atoms with Crippen LogP contribution in [-0.2, 0) is 21.4 Å². The molecule has 5 rings (SSSR count). The highest BCUT2D eigenvalue weighted by molar-refractivity contribution is 5.85. The van der Waals surface area contributed by atoms with Crippen molar-refractivity contribution in [3.63, 3.8) is 0 Å². The Morgan fingerprint density at radius 1 is 1.30 bits per heavy atom. The molecule has 0 spiro atoms. The topological polar surface area (TPSA) is 38.3 Å². The molecular formula is C19H26ClNO2. The maximum atomic E-state index is 12.3. The Hall–Kier alpha value is -1.06. The standard InChI is InChI=1S/C19H25NO2.ClH/c1-3-19-11-17-13(18(21)22-4-2)10-15(19)16(20-17)9-12-7-5-6-8-14(12)19;/h5-8,13,15-17,20H,3-4,9-11H2,1-2H3;1H. The lowest BCUT2D eigenvalue weighted by atomic mass is 9.49. The zero-order chi connectivity index (χ0) is 15.3. The van der Waals surface area contributed by atoms with Crippen molar-refractivity contribution in [3.05, 3.63) is 35.4 Å². The molecule has 5 unspecified atom stereocenters. The van der Waals surface area contributed by atoms with E-state index >= 15 is 0 Å². The van der Waals surface area contributed by atoms with Crippen LogP contribution in [0.2, 0.25) is 0 Å². The van der Waals surface area contributed by atoms with Gasteiger partial charge in [-0.05, 0) is 49.7 Å². The zero-order valence-electron chi connectivity index (χ0n) is 13.9. The van der Waals surface area contributed by atoms with Gasteiger partial charge in [-0.25, -0.2) is 0 Å². The van der Waals surface area contributed by atoms with Crippen LogP contribution in [0.15, 0.2) is 24.3 Å². The van der Waals surface area contributed by atoms with Crippen molar-refractivity contribution in [1.29, 1.82) is 0 Å². The maximum Gasteiger partial charge on any atom is 0.310 e. The van der Waals surface area contributed by atoms with Gasteiger partial charge < -0.3 is 10.1 Å². The van der Waals surface area contributed by atoms with Crippen molar-refractivity contribution in [3.8, 4) is 0 Å². The van der Waals surface area contributed by atoms with Gasteiger partial charge in [0.25, 0.3) is 0 Å². The molecule has 1 saturated carbocycles. The normalized spacial score (nSPS) is 36.8. The van der Waals surface area contributed by atoms with E-state index in [2.05, 4.69) is 36.5 Å². The second-order valence-corrected chi connectivity index (χ2v) is 7.16. The highest BCUT2D eigenvalue weighted by Gasteiger charge is 2.59. The van der Waals surface area contributed by atoms with Gasteiger partial charge in [0.2, 0.25) is 0 Å². The molecule has 23 heavy (non-hydrogen) atoms. The molecule has 2 saturated heterocycles. The molecule has 3 fully saturated rings. The first-order valence-corrected chi connectivity index (χ1v) is 8.70. The van der Waals surface area contributed by atoms with Gasteiger partial charge in [-0.3, -0.25) is 4.79 Å². The van der Waals surface area contributed by atoms with E-state index in [1.165, 1.54) is 12.0 Å². The van der Waals surface area contributed by atoms with Crippen LogP contribution in [0.25, 0.3) is 0 Å². The van der Waals surface area contributed by atoms with Crippen LogP contribution in [0, 0.1) is 11.8 Å². The van der Waals surface area contributed by atoms with Crippen LogP contribution < -0.4 is 5.32 Å². The summed E-state index contributed by atoms with van der Waals surface area (Å²) in [5.74, 6) is 0.611. The van der Waals surface area contributed by atoms with Crippen LogP contribution in [0.3, 0.4) is 0 Å². The number of ether oxygens (including phenoxy) is 1. The highest BCUT2D eigenvalue weighted by Crippen LogP contribution is 2.56. The Morgan fingerprint density at radius 2 is 2.09 bits per heavy atom. The molecule has 1 aromatic rings. The van der Waals surface area contributed by atoms with Gasteiger partial charge in [0, 0.05) is 17.5 Å². The third-order valence-corrected chi connectivity index (χ3v) is 6.42. The molecule has 1 aromatic carbocycles. The molecule has 0 amide bonds. The molecule has 0 radical (unpaired) electrons. The summed E-state index contributed by atoms with van der Waals surface area (Å²) in [7, 11) is 0. The number of benzene rings is 1. The zero-order valence-corrected chi connectivity index (χ0v) is 14.7. The molecule has 2 aliphatic carbocycles. The number of piperidine rings is 2. The first kappa shape index (κ1) is 16.8. The van der Waals surface area contributed by atoms with E-state index in [1.807, 2.05) is 6.92 Å². The second kappa shape index (κ2) is 6.10. The largest absolute Gasteiger partial charge is 0.466 e. The molecule has 4 aliphatic rings. The lowest BCUT2D eigenvalue weighted by Gasteiger charge is -2.61. The Labute approximate surface area is 144 Å². The molecule has 3 nitrogen and oxygen atoms in total. The summed E-state index contributed by atoms with van der Waals surface area (Å²) in [4.78, 5) is 12.3. The fourth-order valence-corrected chi connectivity index (χ4v) is 5.50. The van der Waals surface area contributed by atoms with Gasteiger partial charge >= 0.3 is 5.97 Å². The number of hydrogen-bond acceptors (Lipinski definition) is 3. The lowest BCUT2D eigenvalue weighted by molar-refractivity contribution is -0.155. The summed E-state index contributed by atoms with van der Waals surface area (Å²) in [6.07, 6.45) is 4.34. The number of carbonyl (C=O) groups excluding carboxylic acids is 1. The number of fused-ring (bicyclic) bond motifs is 2. The van der Waals surface area contributed by atoms with Crippen molar-refractivity contribution >= 4 is 18.4 Å². The minimum atomic E-state index is 0. The molecule has 4 heteroatoms. The van der Waals surface area contributed by atoms with Gasteiger partial charge in [-0.2, -0.15) is 0 Å². The molecule has 4 bridgehead atoms. The highest BCUT2D eigenvalue weighted by atomic mass is 35.5. The fraction of sp³-hybridized carbons (Fsp3) is 0.632. The third kappa shape index (κ3) is 2.32. The van der Waals surface area contributed by atoms with E-state index < -0.39 is 0 Å². The van der Waals surface area contributed by atoms with Gasteiger partial charge in [-0.1, -0.05) is 31.2 Å². The first-order chi connectivity index (χ1) is 10.7. The monoisotopic (exact) mass is 335 g/mol. The molecule has 2 heterocycles. The van der Waals surface area contributed by atoms with Crippen molar-refractivity contribution in [2.24, 2.45) is 11.8 Å². The van der Waals surface area contributed by atoms with Crippen molar-refractivity contribution in [2.75, 3.05) is 6.61 Å². The van der Waals surface area contributed by atoms with Crippen molar-refractivity contribution < 1.29 is 9.53 Å². The quantitative estimate of drug-likeness (QED) is 0.862. The van der Waals surface area contributed by atoms with E-state index in [9.17, 15) is 4.79 Å². The maximum absolute atomic E-state index is 12.3. The average Bonchev–Trinajstić information content (AvgIpc) is 2.54. The summed E-state index contributed by atoms with van der Waals surface area (Å²) >= 11 is 0. The summed E-state index contributed by atoms with van der Waals surface area (Å²) in [6.45, 7) is 4.70. The fourth-order valence-electron chi connectivity index (χ4n) is 5.50. The lowest BCUT2D eigenvalue weighted by Crippen LogP contribution is -2.69. The van der Waals surface area contributed by atoms with Gasteiger partial charge in [0.15, 0.2) is 0 Å². The van der Waals surface area contributed by atoms with Crippen molar-refractivity contribution in [2.45, 2.75) is 57.0 Å². The summed E-state index contributed by atoms with van der Waals surface area (Å²) in [5, 5.41) is 3.77. The van der Waals surface area contributed by atoms with Gasteiger partial charge in [0.1, 0.15) is 0 Å².